The van der Waals surface area contributed by atoms with Gasteiger partial charge in [0.15, 0.2) is 5.82 Å². The third kappa shape index (κ3) is 2.79. The van der Waals surface area contributed by atoms with E-state index in [1.54, 1.807) is 0 Å². The molecule has 3 rings (SSSR count). The topological polar surface area (TPSA) is 67.6 Å². The molecular formula is C15H20F3N3O3. The maximum atomic E-state index is 13.5. The zero-order valence-corrected chi connectivity index (χ0v) is 13.3. The number of amides is 1. The molecule has 1 saturated heterocycles. The van der Waals surface area contributed by atoms with Gasteiger partial charge in [-0.15, -0.1) is 0 Å². The van der Waals surface area contributed by atoms with Crippen LogP contribution in [-0.2, 0) is 22.2 Å². The highest BCUT2D eigenvalue weighted by Gasteiger charge is 2.59. The number of carbonyl (C=O) groups excluding carboxylic acids is 1. The lowest BCUT2D eigenvalue weighted by Crippen LogP contribution is -2.58. The minimum Gasteiger partial charge on any atom is -0.374 e. The van der Waals surface area contributed by atoms with Gasteiger partial charge in [0.05, 0.1) is 18.6 Å². The molecule has 1 N–H and O–H groups in total. The average molecular weight is 347 g/mol. The molecule has 1 aromatic rings. The van der Waals surface area contributed by atoms with Crippen LogP contribution in [0.1, 0.15) is 31.5 Å². The Morgan fingerprint density at radius 3 is 2.67 bits per heavy atom. The van der Waals surface area contributed by atoms with Crippen LogP contribution in [0.5, 0.6) is 0 Å². The van der Waals surface area contributed by atoms with Crippen LogP contribution in [0.2, 0.25) is 0 Å². The van der Waals surface area contributed by atoms with Crippen LogP contribution in [0.15, 0.2) is 12.4 Å². The SMILES string of the molecule is Cn1ccnc1C(O)(CC(=O)N1CCOC2(CCC2)C1)C(F)(F)F. The van der Waals surface area contributed by atoms with E-state index in [9.17, 15) is 23.1 Å². The van der Waals surface area contributed by atoms with Crippen molar-refractivity contribution in [3.63, 3.8) is 0 Å². The Hall–Kier alpha value is -1.61. The van der Waals surface area contributed by atoms with Gasteiger partial charge in [0, 0.05) is 32.5 Å². The van der Waals surface area contributed by atoms with Crippen molar-refractivity contribution in [3.8, 4) is 0 Å². The molecule has 1 amide bonds. The first kappa shape index (κ1) is 17.2. The monoisotopic (exact) mass is 347 g/mol. The number of rotatable bonds is 3. The van der Waals surface area contributed by atoms with Crippen LogP contribution in [0, 0.1) is 0 Å². The number of carbonyl (C=O) groups is 1. The summed E-state index contributed by atoms with van der Waals surface area (Å²) in [5.41, 5.74) is -3.72. The maximum absolute atomic E-state index is 13.5. The summed E-state index contributed by atoms with van der Waals surface area (Å²) in [6.07, 6.45) is -1.04. The normalized spacial score (nSPS) is 23.0. The molecule has 1 unspecified atom stereocenters. The zero-order chi connectivity index (χ0) is 17.6. The molecule has 1 atom stereocenters. The van der Waals surface area contributed by atoms with E-state index in [1.807, 2.05) is 0 Å². The lowest BCUT2D eigenvalue weighted by atomic mass is 9.78. The van der Waals surface area contributed by atoms with Gasteiger partial charge < -0.3 is 19.3 Å². The van der Waals surface area contributed by atoms with Gasteiger partial charge in [0.1, 0.15) is 0 Å². The average Bonchev–Trinajstić information content (AvgIpc) is 2.91. The fraction of sp³-hybridized carbons (Fsp3) is 0.733. The number of aromatic nitrogens is 2. The Kier molecular flexibility index (Phi) is 4.11. The van der Waals surface area contributed by atoms with Crippen LogP contribution in [0.3, 0.4) is 0 Å². The zero-order valence-electron chi connectivity index (χ0n) is 13.3. The minimum atomic E-state index is -5.01. The number of morpholine rings is 1. The number of ether oxygens (including phenoxy) is 1. The lowest BCUT2D eigenvalue weighted by molar-refractivity contribution is -0.272. The fourth-order valence-electron chi connectivity index (χ4n) is 3.33. The number of hydrogen-bond acceptors (Lipinski definition) is 4. The first-order valence-corrected chi connectivity index (χ1v) is 7.86. The second kappa shape index (κ2) is 5.73. The molecule has 1 saturated carbocycles. The number of hydrogen-bond donors (Lipinski definition) is 1. The van der Waals surface area contributed by atoms with Crippen molar-refractivity contribution >= 4 is 5.91 Å². The first-order valence-electron chi connectivity index (χ1n) is 7.86. The molecule has 2 aliphatic rings. The summed E-state index contributed by atoms with van der Waals surface area (Å²) in [5.74, 6) is -1.33. The van der Waals surface area contributed by atoms with Crippen molar-refractivity contribution in [2.75, 3.05) is 19.7 Å². The number of aliphatic hydroxyl groups is 1. The van der Waals surface area contributed by atoms with E-state index in [2.05, 4.69) is 4.98 Å². The molecule has 9 heteroatoms. The largest absolute Gasteiger partial charge is 0.425 e. The van der Waals surface area contributed by atoms with Gasteiger partial charge in [-0.1, -0.05) is 0 Å². The number of imidazole rings is 1. The molecule has 1 aliphatic heterocycles. The van der Waals surface area contributed by atoms with Gasteiger partial charge in [-0.2, -0.15) is 13.2 Å². The Bertz CT molecular complexity index is 627. The smallest absolute Gasteiger partial charge is 0.374 e. The van der Waals surface area contributed by atoms with Crippen molar-refractivity contribution in [1.29, 1.82) is 0 Å². The summed E-state index contributed by atoms with van der Waals surface area (Å²) in [7, 11) is 1.35. The highest BCUT2D eigenvalue weighted by atomic mass is 19.4. The van der Waals surface area contributed by atoms with Gasteiger partial charge in [-0.05, 0) is 19.3 Å². The molecule has 2 fully saturated rings. The quantitative estimate of drug-likeness (QED) is 0.896. The summed E-state index contributed by atoms with van der Waals surface area (Å²) in [5, 5.41) is 10.3. The molecule has 134 valence electrons. The number of halogens is 3. The number of nitrogens with zero attached hydrogens (tertiary/aromatic N) is 3. The summed E-state index contributed by atoms with van der Waals surface area (Å²) in [6.45, 7) is 0.814. The van der Waals surface area contributed by atoms with E-state index in [1.165, 1.54) is 18.1 Å². The molecule has 0 aromatic carbocycles. The molecule has 1 aromatic heterocycles. The van der Waals surface area contributed by atoms with Crippen LogP contribution < -0.4 is 0 Å². The third-order valence-electron chi connectivity index (χ3n) is 4.93. The highest BCUT2D eigenvalue weighted by Crippen LogP contribution is 2.42. The van der Waals surface area contributed by atoms with E-state index >= 15 is 0 Å². The summed E-state index contributed by atoms with van der Waals surface area (Å²) in [6, 6.07) is 0. The molecule has 6 nitrogen and oxygen atoms in total. The standard InChI is InChI=1S/C15H20F3N3O3/c1-20-6-5-19-12(20)14(23,15(16,17)18)9-11(22)21-7-8-24-13(10-21)3-2-4-13/h5-6,23H,2-4,7-10H2,1H3. The van der Waals surface area contributed by atoms with Crippen LogP contribution in [0.25, 0.3) is 0 Å². The maximum Gasteiger partial charge on any atom is 0.425 e. The van der Waals surface area contributed by atoms with Crippen molar-refractivity contribution in [2.45, 2.75) is 43.1 Å². The Morgan fingerprint density at radius 2 is 2.17 bits per heavy atom. The molecule has 1 aliphatic carbocycles. The second-order valence-corrected chi connectivity index (χ2v) is 6.60. The van der Waals surface area contributed by atoms with Gasteiger partial charge in [0.2, 0.25) is 11.5 Å². The molecular weight excluding hydrogens is 327 g/mol. The summed E-state index contributed by atoms with van der Waals surface area (Å²) in [4.78, 5) is 17.4. The Labute approximate surface area is 137 Å². The molecule has 0 bridgehead atoms. The summed E-state index contributed by atoms with van der Waals surface area (Å²) < 4.78 is 47.3. The summed E-state index contributed by atoms with van der Waals surface area (Å²) >= 11 is 0. The van der Waals surface area contributed by atoms with Gasteiger partial charge in [-0.25, -0.2) is 4.98 Å². The Balaban J connectivity index is 1.80. The van der Waals surface area contributed by atoms with Crippen LogP contribution in [-0.4, -0.2) is 56.9 Å². The molecule has 2 heterocycles. The van der Waals surface area contributed by atoms with Crippen LogP contribution >= 0.6 is 0 Å². The van der Waals surface area contributed by atoms with Crippen molar-refractivity contribution in [2.24, 2.45) is 7.05 Å². The van der Waals surface area contributed by atoms with Gasteiger partial charge in [0.25, 0.3) is 0 Å². The predicted octanol–water partition coefficient (Wildman–Crippen LogP) is 1.34. The fourth-order valence-corrected chi connectivity index (χ4v) is 3.33. The van der Waals surface area contributed by atoms with Gasteiger partial charge in [-0.3, -0.25) is 4.79 Å². The molecule has 1 spiro atoms. The molecule has 24 heavy (non-hydrogen) atoms. The van der Waals surface area contributed by atoms with E-state index in [0.717, 1.165) is 30.0 Å². The first-order chi connectivity index (χ1) is 11.2. The second-order valence-electron chi connectivity index (χ2n) is 6.60. The van der Waals surface area contributed by atoms with Gasteiger partial charge >= 0.3 is 6.18 Å². The number of aryl methyl sites for hydroxylation is 1. The van der Waals surface area contributed by atoms with E-state index in [0.29, 0.717) is 6.61 Å². The Morgan fingerprint density at radius 1 is 1.46 bits per heavy atom. The number of alkyl halides is 3. The molecule has 0 radical (unpaired) electrons. The highest BCUT2D eigenvalue weighted by molar-refractivity contribution is 5.77. The third-order valence-corrected chi connectivity index (χ3v) is 4.93. The minimum absolute atomic E-state index is 0.231. The van der Waals surface area contributed by atoms with Crippen molar-refractivity contribution in [1.82, 2.24) is 14.5 Å². The van der Waals surface area contributed by atoms with E-state index in [-0.39, 0.29) is 13.1 Å². The predicted molar refractivity (Wildman–Crippen MR) is 76.9 cm³/mol. The lowest BCUT2D eigenvalue weighted by Gasteiger charge is -2.48. The van der Waals surface area contributed by atoms with E-state index in [4.69, 9.17) is 4.74 Å². The van der Waals surface area contributed by atoms with Crippen LogP contribution in [0.4, 0.5) is 13.2 Å². The van der Waals surface area contributed by atoms with Crippen molar-refractivity contribution < 1.29 is 27.8 Å². The van der Waals surface area contributed by atoms with E-state index < -0.39 is 35.5 Å². The van der Waals surface area contributed by atoms with Crippen molar-refractivity contribution in [3.05, 3.63) is 18.2 Å².